The highest BCUT2D eigenvalue weighted by molar-refractivity contribution is 7.92. The Morgan fingerprint density at radius 3 is 2.24 bits per heavy atom. The summed E-state index contributed by atoms with van der Waals surface area (Å²) in [5.41, 5.74) is 0. The molecule has 0 heterocycles. The summed E-state index contributed by atoms with van der Waals surface area (Å²) < 4.78 is 22.8. The fourth-order valence-corrected chi connectivity index (χ4v) is 2.27. The van der Waals surface area contributed by atoms with E-state index in [9.17, 15) is 13.2 Å². The molecule has 0 fully saturated rings. The molecule has 0 aromatic carbocycles. The Morgan fingerprint density at radius 2 is 1.88 bits per heavy atom. The van der Waals surface area contributed by atoms with Gasteiger partial charge in [-0.05, 0) is 27.2 Å². The predicted molar refractivity (Wildman–Crippen MR) is 67.9 cm³/mol. The number of sulfone groups is 1. The zero-order chi connectivity index (χ0) is 13.7. The van der Waals surface area contributed by atoms with Crippen molar-refractivity contribution in [2.75, 3.05) is 12.3 Å². The molecule has 0 aliphatic carbocycles. The highest BCUT2D eigenvalue weighted by Gasteiger charge is 2.28. The maximum Gasteiger partial charge on any atom is 0.320 e. The lowest BCUT2D eigenvalue weighted by Crippen LogP contribution is -2.41. The first-order valence-corrected chi connectivity index (χ1v) is 7.45. The van der Waals surface area contributed by atoms with Crippen molar-refractivity contribution in [2.24, 2.45) is 0 Å². The Morgan fingerprint density at radius 1 is 1.35 bits per heavy atom. The minimum atomic E-state index is -3.19. The molecule has 0 amide bonds. The molecule has 0 saturated carbocycles. The molecule has 0 spiro atoms. The van der Waals surface area contributed by atoms with Gasteiger partial charge in [-0.3, -0.25) is 4.79 Å². The van der Waals surface area contributed by atoms with E-state index >= 15 is 0 Å². The van der Waals surface area contributed by atoms with Crippen LogP contribution in [0.5, 0.6) is 0 Å². The summed E-state index contributed by atoms with van der Waals surface area (Å²) in [7, 11) is -3.19. The molecule has 0 rings (SSSR count). The third kappa shape index (κ3) is 5.50. The van der Waals surface area contributed by atoms with Crippen LogP contribution in [0.4, 0.5) is 0 Å². The zero-order valence-electron chi connectivity index (χ0n) is 11.0. The average Bonchev–Trinajstić information content (AvgIpc) is 2.14. The number of rotatable bonds is 7. The van der Waals surface area contributed by atoms with E-state index in [0.29, 0.717) is 6.42 Å². The topological polar surface area (TPSA) is 83.5 Å². The molecule has 6 heteroatoms. The van der Waals surface area contributed by atoms with E-state index in [2.05, 4.69) is 5.32 Å². The molecule has 0 saturated heterocycles. The molecule has 0 aliphatic heterocycles. The predicted octanol–water partition coefficient (Wildman–Crippen LogP) is 1.04. The van der Waals surface area contributed by atoms with Crippen molar-refractivity contribution in [1.29, 1.82) is 0 Å². The summed E-state index contributed by atoms with van der Waals surface area (Å²) in [4.78, 5) is 10.8. The molecule has 1 atom stereocenters. The normalized spacial score (nSPS) is 14.6. The second-order valence-corrected chi connectivity index (χ2v) is 7.93. The Balaban J connectivity index is 4.27. The number of nitrogens with one attached hydrogen (secondary N) is 1. The fraction of sp³-hybridized carbons (Fsp3) is 0.909. The van der Waals surface area contributed by atoms with Crippen LogP contribution in [0.1, 0.15) is 40.5 Å². The maximum atomic E-state index is 11.8. The molecule has 0 aromatic heterocycles. The van der Waals surface area contributed by atoms with Crippen molar-refractivity contribution in [3.63, 3.8) is 0 Å². The first-order valence-electron chi connectivity index (χ1n) is 5.80. The SMILES string of the molecule is CCCC(NCCS(=O)(=O)C(C)(C)C)C(=O)O. The first kappa shape index (κ1) is 16.4. The Hall–Kier alpha value is -0.620. The number of carboxylic acids is 1. The van der Waals surface area contributed by atoms with Crippen LogP contribution in [0.25, 0.3) is 0 Å². The molecule has 0 aliphatic rings. The van der Waals surface area contributed by atoms with Crippen molar-refractivity contribution in [1.82, 2.24) is 5.32 Å². The summed E-state index contributed by atoms with van der Waals surface area (Å²) in [5, 5.41) is 11.7. The van der Waals surface area contributed by atoms with Gasteiger partial charge in [-0.1, -0.05) is 13.3 Å². The summed E-state index contributed by atoms with van der Waals surface area (Å²) >= 11 is 0. The fourth-order valence-electron chi connectivity index (χ4n) is 1.28. The van der Waals surface area contributed by atoms with Gasteiger partial charge in [-0.2, -0.15) is 0 Å². The third-order valence-corrected chi connectivity index (χ3v) is 5.18. The highest BCUT2D eigenvalue weighted by Crippen LogP contribution is 2.15. The number of hydrogen-bond acceptors (Lipinski definition) is 4. The van der Waals surface area contributed by atoms with E-state index in [1.165, 1.54) is 0 Å². The van der Waals surface area contributed by atoms with Gasteiger partial charge in [-0.15, -0.1) is 0 Å². The summed E-state index contributed by atoms with van der Waals surface area (Å²) in [6.07, 6.45) is 1.25. The van der Waals surface area contributed by atoms with Gasteiger partial charge < -0.3 is 10.4 Å². The third-order valence-electron chi connectivity index (χ3n) is 2.57. The number of carbonyl (C=O) groups is 1. The van der Waals surface area contributed by atoms with Gasteiger partial charge in [0.15, 0.2) is 9.84 Å². The van der Waals surface area contributed by atoms with E-state index in [-0.39, 0.29) is 12.3 Å². The van der Waals surface area contributed by atoms with E-state index in [0.717, 1.165) is 6.42 Å². The maximum absolute atomic E-state index is 11.8. The van der Waals surface area contributed by atoms with Crippen LogP contribution in [-0.4, -0.2) is 42.6 Å². The van der Waals surface area contributed by atoms with Crippen molar-refractivity contribution in [3.05, 3.63) is 0 Å². The van der Waals surface area contributed by atoms with Gasteiger partial charge in [0.25, 0.3) is 0 Å². The van der Waals surface area contributed by atoms with Crippen LogP contribution < -0.4 is 5.32 Å². The average molecular weight is 265 g/mol. The van der Waals surface area contributed by atoms with E-state index in [1.807, 2.05) is 6.92 Å². The lowest BCUT2D eigenvalue weighted by Gasteiger charge is -2.20. The number of carboxylic acid groups (broad SMARTS) is 1. The second-order valence-electron chi connectivity index (χ2n) is 5.06. The molecular weight excluding hydrogens is 242 g/mol. The minimum absolute atomic E-state index is 0.0377. The van der Waals surface area contributed by atoms with E-state index < -0.39 is 26.6 Å². The van der Waals surface area contributed by atoms with Gasteiger partial charge in [0.05, 0.1) is 10.5 Å². The van der Waals surface area contributed by atoms with Crippen LogP contribution in [0, 0.1) is 0 Å². The van der Waals surface area contributed by atoms with Crippen molar-refractivity contribution >= 4 is 15.8 Å². The monoisotopic (exact) mass is 265 g/mol. The molecule has 5 nitrogen and oxygen atoms in total. The zero-order valence-corrected chi connectivity index (χ0v) is 11.8. The summed E-state index contributed by atoms with van der Waals surface area (Å²) in [6.45, 7) is 7.00. The van der Waals surface area contributed by atoms with E-state index in [4.69, 9.17) is 5.11 Å². The van der Waals surface area contributed by atoms with Gasteiger partial charge >= 0.3 is 5.97 Å². The Bertz CT molecular complexity index is 343. The van der Waals surface area contributed by atoms with Crippen LogP contribution >= 0.6 is 0 Å². The standard InChI is InChI=1S/C11H23NO4S/c1-5-6-9(10(13)14)12-7-8-17(15,16)11(2,3)4/h9,12H,5-8H2,1-4H3,(H,13,14). The van der Waals surface area contributed by atoms with Gasteiger partial charge in [-0.25, -0.2) is 8.42 Å². The molecule has 1 unspecified atom stereocenters. The lowest BCUT2D eigenvalue weighted by molar-refractivity contribution is -0.139. The van der Waals surface area contributed by atoms with Gasteiger partial charge in [0, 0.05) is 6.54 Å². The molecule has 0 radical (unpaired) electrons. The Kier molecular flexibility index (Phi) is 6.12. The van der Waals surface area contributed by atoms with Crippen LogP contribution in [-0.2, 0) is 14.6 Å². The molecular formula is C11H23NO4S. The molecule has 0 bridgehead atoms. The van der Waals surface area contributed by atoms with Crippen molar-refractivity contribution in [2.45, 2.75) is 51.3 Å². The van der Waals surface area contributed by atoms with Crippen LogP contribution in [0.3, 0.4) is 0 Å². The van der Waals surface area contributed by atoms with Gasteiger partial charge in [0.2, 0.25) is 0 Å². The number of hydrogen-bond donors (Lipinski definition) is 2. The summed E-state index contributed by atoms with van der Waals surface area (Å²) in [6, 6.07) is -0.657. The quantitative estimate of drug-likeness (QED) is 0.718. The molecule has 17 heavy (non-hydrogen) atoms. The highest BCUT2D eigenvalue weighted by atomic mass is 32.2. The Labute approximate surface area is 104 Å². The van der Waals surface area contributed by atoms with E-state index in [1.54, 1.807) is 20.8 Å². The molecule has 2 N–H and O–H groups in total. The summed E-state index contributed by atoms with van der Waals surface area (Å²) in [5.74, 6) is -0.968. The lowest BCUT2D eigenvalue weighted by atomic mass is 10.2. The van der Waals surface area contributed by atoms with Crippen molar-refractivity contribution < 1.29 is 18.3 Å². The number of aliphatic carboxylic acids is 1. The molecule has 0 aromatic rings. The van der Waals surface area contributed by atoms with Crippen LogP contribution in [0.2, 0.25) is 0 Å². The van der Waals surface area contributed by atoms with Crippen LogP contribution in [0.15, 0.2) is 0 Å². The van der Waals surface area contributed by atoms with Gasteiger partial charge in [0.1, 0.15) is 6.04 Å². The smallest absolute Gasteiger partial charge is 0.320 e. The first-order chi connectivity index (χ1) is 7.62. The van der Waals surface area contributed by atoms with Crippen molar-refractivity contribution in [3.8, 4) is 0 Å². The molecule has 102 valence electrons. The largest absolute Gasteiger partial charge is 0.480 e. The second kappa shape index (κ2) is 6.35. The minimum Gasteiger partial charge on any atom is -0.480 e.